The van der Waals surface area contributed by atoms with Crippen molar-refractivity contribution in [2.45, 2.75) is 38.3 Å². The smallest absolute Gasteiger partial charge is 0.203 e. The molecule has 0 radical (unpaired) electrons. The van der Waals surface area contributed by atoms with Gasteiger partial charge in [0.25, 0.3) is 0 Å². The average Bonchev–Trinajstić information content (AvgIpc) is 2.54. The van der Waals surface area contributed by atoms with Gasteiger partial charge in [-0.25, -0.2) is 0 Å². The van der Waals surface area contributed by atoms with Gasteiger partial charge in [-0.15, -0.1) is 0 Å². The van der Waals surface area contributed by atoms with Crippen molar-refractivity contribution in [1.29, 1.82) is 0 Å². The van der Waals surface area contributed by atoms with E-state index >= 15 is 0 Å². The Bertz CT molecular complexity index is 474. The van der Waals surface area contributed by atoms with E-state index in [0.717, 1.165) is 18.4 Å². The minimum atomic E-state index is 0.232. The summed E-state index contributed by atoms with van der Waals surface area (Å²) in [5.74, 6) is 2.03. The fourth-order valence-electron chi connectivity index (χ4n) is 2.75. The zero-order chi connectivity index (χ0) is 15.2. The van der Waals surface area contributed by atoms with E-state index in [1.807, 2.05) is 12.1 Å². The molecule has 4 nitrogen and oxygen atoms in total. The van der Waals surface area contributed by atoms with Crippen molar-refractivity contribution in [3.63, 3.8) is 0 Å². The van der Waals surface area contributed by atoms with Crippen LogP contribution in [0.1, 0.15) is 37.8 Å². The molecule has 1 aromatic rings. The van der Waals surface area contributed by atoms with Crippen LogP contribution in [0.25, 0.3) is 0 Å². The summed E-state index contributed by atoms with van der Waals surface area (Å²) >= 11 is 0. The van der Waals surface area contributed by atoms with E-state index < -0.39 is 0 Å². The molecule has 2 atom stereocenters. The molecule has 0 saturated carbocycles. The van der Waals surface area contributed by atoms with E-state index in [2.05, 4.69) is 24.4 Å². The Morgan fingerprint density at radius 1 is 1.05 bits per heavy atom. The molecule has 0 heterocycles. The molecular formula is C17H25NO3. The summed E-state index contributed by atoms with van der Waals surface area (Å²) in [4.78, 5) is 0. The Balaban J connectivity index is 2.19. The van der Waals surface area contributed by atoms with Crippen molar-refractivity contribution >= 4 is 0 Å². The number of benzene rings is 1. The highest BCUT2D eigenvalue weighted by Gasteiger charge is 2.18. The highest BCUT2D eigenvalue weighted by atomic mass is 16.5. The first kappa shape index (κ1) is 15.7. The number of allylic oxidation sites excluding steroid dienone is 1. The predicted octanol–water partition coefficient (Wildman–Crippen LogP) is 3.47. The number of rotatable bonds is 6. The summed E-state index contributed by atoms with van der Waals surface area (Å²) in [6.45, 7) is 2.17. The van der Waals surface area contributed by atoms with Crippen LogP contribution in [0.15, 0.2) is 24.3 Å². The minimum Gasteiger partial charge on any atom is -0.493 e. The number of ether oxygens (including phenoxy) is 3. The van der Waals surface area contributed by atoms with E-state index in [1.165, 1.54) is 6.42 Å². The zero-order valence-corrected chi connectivity index (χ0v) is 13.3. The van der Waals surface area contributed by atoms with E-state index in [0.29, 0.717) is 23.3 Å². The third-order valence-electron chi connectivity index (χ3n) is 3.94. The van der Waals surface area contributed by atoms with Crippen LogP contribution in [0.2, 0.25) is 0 Å². The molecule has 21 heavy (non-hydrogen) atoms. The number of hydrogen-bond acceptors (Lipinski definition) is 4. The van der Waals surface area contributed by atoms with Gasteiger partial charge in [-0.1, -0.05) is 12.2 Å². The van der Waals surface area contributed by atoms with E-state index in [9.17, 15) is 0 Å². The number of nitrogens with one attached hydrogen (secondary N) is 1. The van der Waals surface area contributed by atoms with E-state index in [1.54, 1.807) is 21.3 Å². The Hall–Kier alpha value is -1.68. The molecule has 2 rings (SSSR count). The largest absolute Gasteiger partial charge is 0.493 e. The first-order valence-corrected chi connectivity index (χ1v) is 7.40. The fourth-order valence-corrected chi connectivity index (χ4v) is 2.75. The maximum atomic E-state index is 5.42. The molecule has 0 amide bonds. The van der Waals surface area contributed by atoms with E-state index in [4.69, 9.17) is 14.2 Å². The molecule has 116 valence electrons. The van der Waals surface area contributed by atoms with E-state index in [-0.39, 0.29) is 6.04 Å². The third kappa shape index (κ3) is 3.70. The highest BCUT2D eigenvalue weighted by Crippen LogP contribution is 2.39. The van der Waals surface area contributed by atoms with Gasteiger partial charge < -0.3 is 19.5 Å². The maximum absolute atomic E-state index is 5.42. The molecule has 0 spiro atoms. The number of methoxy groups -OCH3 is 3. The molecule has 4 heteroatoms. The summed E-state index contributed by atoms with van der Waals surface area (Å²) in [7, 11) is 4.91. The van der Waals surface area contributed by atoms with Crippen molar-refractivity contribution in [2.24, 2.45) is 0 Å². The minimum absolute atomic E-state index is 0.232. The first-order valence-electron chi connectivity index (χ1n) is 7.40. The van der Waals surface area contributed by atoms with Gasteiger partial charge in [-0.2, -0.15) is 0 Å². The molecule has 0 saturated heterocycles. The SMILES string of the molecule is COc1cc(C(C)NC2CC=CCC2)cc(OC)c1OC. The van der Waals surface area contributed by atoms with Crippen LogP contribution in [0.5, 0.6) is 17.2 Å². The van der Waals surface area contributed by atoms with Crippen molar-refractivity contribution in [1.82, 2.24) is 5.32 Å². The molecular weight excluding hydrogens is 266 g/mol. The normalized spacial score (nSPS) is 19.1. The summed E-state index contributed by atoms with van der Waals surface area (Å²) in [5, 5.41) is 3.67. The summed E-state index contributed by atoms with van der Waals surface area (Å²) in [6.07, 6.45) is 7.94. The molecule has 0 aromatic heterocycles. The highest BCUT2D eigenvalue weighted by molar-refractivity contribution is 5.54. The molecule has 0 aliphatic heterocycles. The predicted molar refractivity (Wildman–Crippen MR) is 84.4 cm³/mol. The zero-order valence-electron chi connectivity index (χ0n) is 13.3. The van der Waals surface area contributed by atoms with Crippen LogP contribution in [0.3, 0.4) is 0 Å². The van der Waals surface area contributed by atoms with Crippen LogP contribution in [0, 0.1) is 0 Å². The molecule has 0 bridgehead atoms. The van der Waals surface area contributed by atoms with Crippen LogP contribution in [0.4, 0.5) is 0 Å². The average molecular weight is 291 g/mol. The standard InChI is InChI=1S/C17H25NO3/c1-12(18-14-8-6-5-7-9-14)13-10-15(19-2)17(21-4)16(11-13)20-3/h5-6,10-12,14,18H,7-9H2,1-4H3. The molecule has 1 N–H and O–H groups in total. The summed E-state index contributed by atoms with van der Waals surface area (Å²) < 4.78 is 16.2. The lowest BCUT2D eigenvalue weighted by Crippen LogP contribution is -2.32. The Morgan fingerprint density at radius 3 is 2.19 bits per heavy atom. The molecule has 0 fully saturated rings. The second kappa shape index (κ2) is 7.36. The summed E-state index contributed by atoms with van der Waals surface area (Å²) in [5.41, 5.74) is 1.14. The van der Waals surface area contributed by atoms with Crippen LogP contribution in [-0.2, 0) is 0 Å². The fraction of sp³-hybridized carbons (Fsp3) is 0.529. The third-order valence-corrected chi connectivity index (χ3v) is 3.94. The van der Waals surface area contributed by atoms with Crippen molar-refractivity contribution in [3.05, 3.63) is 29.8 Å². The first-order chi connectivity index (χ1) is 10.2. The van der Waals surface area contributed by atoms with Crippen molar-refractivity contribution in [3.8, 4) is 17.2 Å². The van der Waals surface area contributed by atoms with Gasteiger partial charge in [0.1, 0.15) is 0 Å². The molecule has 1 aromatic carbocycles. The van der Waals surface area contributed by atoms with Crippen molar-refractivity contribution < 1.29 is 14.2 Å². The Labute approximate surface area is 127 Å². The van der Waals surface area contributed by atoms with Crippen LogP contribution in [-0.4, -0.2) is 27.4 Å². The van der Waals surface area contributed by atoms with Gasteiger partial charge in [0, 0.05) is 12.1 Å². The maximum Gasteiger partial charge on any atom is 0.203 e. The van der Waals surface area contributed by atoms with Gasteiger partial charge in [0.05, 0.1) is 21.3 Å². The summed E-state index contributed by atoms with van der Waals surface area (Å²) in [6, 6.07) is 4.79. The van der Waals surface area contributed by atoms with Gasteiger partial charge in [-0.3, -0.25) is 0 Å². The quantitative estimate of drug-likeness (QED) is 0.815. The van der Waals surface area contributed by atoms with Crippen LogP contribution < -0.4 is 19.5 Å². The second-order valence-corrected chi connectivity index (χ2v) is 5.33. The van der Waals surface area contributed by atoms with Gasteiger partial charge in [-0.05, 0) is 43.9 Å². The topological polar surface area (TPSA) is 39.7 Å². The lowest BCUT2D eigenvalue weighted by atomic mass is 9.99. The monoisotopic (exact) mass is 291 g/mol. The Kier molecular flexibility index (Phi) is 5.51. The van der Waals surface area contributed by atoms with Crippen LogP contribution >= 0.6 is 0 Å². The lowest BCUT2D eigenvalue weighted by Gasteiger charge is -2.25. The molecule has 1 aliphatic carbocycles. The lowest BCUT2D eigenvalue weighted by molar-refractivity contribution is 0.322. The molecule has 2 unspecified atom stereocenters. The van der Waals surface area contributed by atoms with Gasteiger partial charge in [0.15, 0.2) is 11.5 Å². The van der Waals surface area contributed by atoms with Gasteiger partial charge in [0.2, 0.25) is 5.75 Å². The van der Waals surface area contributed by atoms with Gasteiger partial charge >= 0.3 is 0 Å². The Morgan fingerprint density at radius 2 is 1.71 bits per heavy atom. The van der Waals surface area contributed by atoms with Crippen molar-refractivity contribution in [2.75, 3.05) is 21.3 Å². The number of hydrogen-bond donors (Lipinski definition) is 1. The second-order valence-electron chi connectivity index (χ2n) is 5.33. The molecule has 1 aliphatic rings.